The van der Waals surface area contributed by atoms with Crippen LogP contribution in [0.25, 0.3) is 10.6 Å². The van der Waals surface area contributed by atoms with Crippen LogP contribution in [0, 0.1) is 12.7 Å². The van der Waals surface area contributed by atoms with Crippen molar-refractivity contribution in [3.05, 3.63) is 59.0 Å². The van der Waals surface area contributed by atoms with Crippen LogP contribution in [0.3, 0.4) is 0 Å². The fourth-order valence-corrected chi connectivity index (χ4v) is 3.87. The number of benzene rings is 1. The Hall–Kier alpha value is -2.80. The molecule has 4 rings (SSSR count). The van der Waals surface area contributed by atoms with Crippen LogP contribution < -0.4 is 10.2 Å². The van der Waals surface area contributed by atoms with E-state index < -0.39 is 11.7 Å². The van der Waals surface area contributed by atoms with Crippen LogP contribution >= 0.6 is 11.3 Å². The summed E-state index contributed by atoms with van der Waals surface area (Å²) < 4.78 is 13.8. The van der Waals surface area contributed by atoms with Gasteiger partial charge in [0.25, 0.3) is 5.91 Å². The highest BCUT2D eigenvalue weighted by Crippen LogP contribution is 2.26. The molecule has 1 fully saturated rings. The number of carbonyl (C=O) groups excluding carboxylic acids is 1. The fraction of sp³-hybridized carbons (Fsp3) is 0.250. The number of nitrogens with zero attached hydrogens (tertiary/aromatic N) is 3. The van der Waals surface area contributed by atoms with Gasteiger partial charge < -0.3 is 10.2 Å². The minimum Gasteiger partial charge on any atom is -0.357 e. The molecule has 5 nitrogen and oxygen atoms in total. The fourth-order valence-electron chi connectivity index (χ4n) is 3.08. The molecule has 0 radical (unpaired) electrons. The summed E-state index contributed by atoms with van der Waals surface area (Å²) in [6.45, 7) is 3.93. The first-order chi connectivity index (χ1) is 13.1. The Morgan fingerprint density at radius 3 is 2.78 bits per heavy atom. The van der Waals surface area contributed by atoms with Gasteiger partial charge in [0.05, 0.1) is 5.69 Å². The minimum absolute atomic E-state index is 0.159. The molecule has 0 saturated carbocycles. The first-order valence-corrected chi connectivity index (χ1v) is 9.72. The topological polar surface area (TPSA) is 58.1 Å². The first-order valence-electron chi connectivity index (χ1n) is 8.84. The van der Waals surface area contributed by atoms with Gasteiger partial charge >= 0.3 is 0 Å². The predicted octanol–water partition coefficient (Wildman–Crippen LogP) is 4.51. The van der Waals surface area contributed by atoms with Gasteiger partial charge in [-0.1, -0.05) is 6.07 Å². The number of nitrogens with one attached hydrogen (secondary N) is 1. The van der Waals surface area contributed by atoms with Crippen molar-refractivity contribution in [3.8, 4) is 10.6 Å². The monoisotopic (exact) mass is 382 g/mol. The van der Waals surface area contributed by atoms with E-state index in [2.05, 4.69) is 20.2 Å². The van der Waals surface area contributed by atoms with E-state index in [9.17, 15) is 9.18 Å². The van der Waals surface area contributed by atoms with E-state index in [4.69, 9.17) is 0 Å². The second-order valence-electron chi connectivity index (χ2n) is 6.57. The molecule has 27 heavy (non-hydrogen) atoms. The zero-order chi connectivity index (χ0) is 18.8. The molecule has 7 heteroatoms. The van der Waals surface area contributed by atoms with E-state index in [1.807, 2.05) is 19.1 Å². The van der Waals surface area contributed by atoms with E-state index in [1.54, 1.807) is 23.7 Å². The third-order valence-electron chi connectivity index (χ3n) is 4.53. The van der Waals surface area contributed by atoms with E-state index in [0.29, 0.717) is 5.01 Å². The molecule has 0 spiro atoms. The van der Waals surface area contributed by atoms with Crippen LogP contribution in [0.2, 0.25) is 0 Å². The summed E-state index contributed by atoms with van der Waals surface area (Å²) in [7, 11) is 0. The highest BCUT2D eigenvalue weighted by atomic mass is 32.1. The Kier molecular flexibility index (Phi) is 4.85. The lowest BCUT2D eigenvalue weighted by molar-refractivity contribution is 0.102. The Balaban J connectivity index is 1.49. The number of hydrogen-bond acceptors (Lipinski definition) is 5. The van der Waals surface area contributed by atoms with Crippen molar-refractivity contribution in [1.29, 1.82) is 0 Å². The molecule has 0 unspecified atom stereocenters. The van der Waals surface area contributed by atoms with Gasteiger partial charge in [0.15, 0.2) is 0 Å². The van der Waals surface area contributed by atoms with E-state index in [-0.39, 0.29) is 11.4 Å². The average molecular weight is 382 g/mol. The molecule has 1 aliphatic rings. The molecule has 0 bridgehead atoms. The van der Waals surface area contributed by atoms with E-state index >= 15 is 0 Å². The summed E-state index contributed by atoms with van der Waals surface area (Å²) in [4.78, 5) is 23.6. The number of thiazole rings is 1. The number of amides is 1. The molecule has 0 atom stereocenters. The Bertz CT molecular complexity index is 964. The molecule has 0 aliphatic carbocycles. The number of rotatable bonds is 4. The third-order valence-corrected chi connectivity index (χ3v) is 5.42. The van der Waals surface area contributed by atoms with Gasteiger partial charge in [-0.25, -0.2) is 14.4 Å². The zero-order valence-electron chi connectivity index (χ0n) is 14.9. The van der Waals surface area contributed by atoms with Gasteiger partial charge in [-0.2, -0.15) is 0 Å². The van der Waals surface area contributed by atoms with Crippen molar-refractivity contribution in [3.63, 3.8) is 0 Å². The predicted molar refractivity (Wildman–Crippen MR) is 106 cm³/mol. The SMILES string of the molecule is Cc1ccc(F)c(NC(=O)c2csc(-c3ccc(N4CCCC4)nc3)n2)c1. The number of carbonyl (C=O) groups is 1. The van der Waals surface area contributed by atoms with E-state index in [1.165, 1.54) is 30.2 Å². The molecular formula is C20H19FN4OS. The lowest BCUT2D eigenvalue weighted by atomic mass is 10.2. The summed E-state index contributed by atoms with van der Waals surface area (Å²) in [6, 6.07) is 8.56. The number of pyridine rings is 1. The van der Waals surface area contributed by atoms with Crippen molar-refractivity contribution in [1.82, 2.24) is 9.97 Å². The molecule has 1 aromatic carbocycles. The zero-order valence-corrected chi connectivity index (χ0v) is 15.7. The first kappa shape index (κ1) is 17.6. The van der Waals surface area contributed by atoms with Crippen molar-refractivity contribution in [2.75, 3.05) is 23.3 Å². The molecule has 138 valence electrons. The summed E-state index contributed by atoms with van der Waals surface area (Å²) in [5.74, 6) is 0.0791. The Morgan fingerprint density at radius 1 is 1.22 bits per heavy atom. The van der Waals surface area contributed by atoms with Crippen molar-refractivity contribution in [2.24, 2.45) is 0 Å². The second kappa shape index (κ2) is 7.44. The van der Waals surface area contributed by atoms with Crippen LogP contribution in [0.5, 0.6) is 0 Å². The van der Waals surface area contributed by atoms with Crippen LogP contribution in [-0.4, -0.2) is 29.0 Å². The average Bonchev–Trinajstić information content (AvgIpc) is 3.37. The number of hydrogen-bond donors (Lipinski definition) is 1. The van der Waals surface area contributed by atoms with Crippen molar-refractivity contribution in [2.45, 2.75) is 19.8 Å². The molecule has 1 N–H and O–H groups in total. The maximum absolute atomic E-state index is 13.8. The number of halogens is 1. The third kappa shape index (κ3) is 3.83. The number of aryl methyl sites for hydroxylation is 1. The molecular weight excluding hydrogens is 363 g/mol. The molecule has 3 heterocycles. The van der Waals surface area contributed by atoms with Crippen LogP contribution in [0.4, 0.5) is 15.9 Å². The summed E-state index contributed by atoms with van der Waals surface area (Å²) in [6.07, 6.45) is 4.19. The van der Waals surface area contributed by atoms with Gasteiger partial charge in [0.2, 0.25) is 0 Å². The van der Waals surface area contributed by atoms with Gasteiger partial charge in [0.1, 0.15) is 22.3 Å². The summed E-state index contributed by atoms with van der Waals surface area (Å²) in [5.41, 5.74) is 2.16. The van der Waals surface area contributed by atoms with Crippen molar-refractivity contribution >= 4 is 28.7 Å². The van der Waals surface area contributed by atoms with Crippen LogP contribution in [-0.2, 0) is 0 Å². The quantitative estimate of drug-likeness (QED) is 0.722. The number of anilines is 2. The van der Waals surface area contributed by atoms with Gasteiger partial charge in [0, 0.05) is 30.2 Å². The lowest BCUT2D eigenvalue weighted by Crippen LogP contribution is -2.18. The summed E-state index contributed by atoms with van der Waals surface area (Å²) in [5, 5.41) is 4.97. The lowest BCUT2D eigenvalue weighted by Gasteiger charge is -2.15. The smallest absolute Gasteiger partial charge is 0.275 e. The standard InChI is InChI=1S/C20H19FN4OS/c1-13-4-6-15(21)16(10-13)23-19(26)17-12-27-20(24-17)14-5-7-18(22-11-14)25-8-2-3-9-25/h4-7,10-12H,2-3,8-9H2,1H3,(H,23,26). The summed E-state index contributed by atoms with van der Waals surface area (Å²) >= 11 is 1.37. The highest BCUT2D eigenvalue weighted by molar-refractivity contribution is 7.13. The van der Waals surface area contributed by atoms with E-state index in [0.717, 1.165) is 30.0 Å². The molecule has 1 saturated heterocycles. The molecule has 1 aliphatic heterocycles. The van der Waals surface area contributed by atoms with Gasteiger partial charge in [-0.05, 0) is 49.6 Å². The van der Waals surface area contributed by atoms with Crippen molar-refractivity contribution < 1.29 is 9.18 Å². The van der Waals surface area contributed by atoms with Gasteiger partial charge in [-0.15, -0.1) is 11.3 Å². The number of aromatic nitrogens is 2. The highest BCUT2D eigenvalue weighted by Gasteiger charge is 2.16. The Labute approximate surface area is 160 Å². The Morgan fingerprint density at radius 2 is 2.04 bits per heavy atom. The molecule has 2 aromatic heterocycles. The normalized spacial score (nSPS) is 13.8. The maximum atomic E-state index is 13.8. The maximum Gasteiger partial charge on any atom is 0.275 e. The second-order valence-corrected chi connectivity index (χ2v) is 7.43. The van der Waals surface area contributed by atoms with Gasteiger partial charge in [-0.3, -0.25) is 4.79 Å². The minimum atomic E-state index is -0.467. The van der Waals surface area contributed by atoms with Crippen LogP contribution in [0.15, 0.2) is 41.9 Å². The molecule has 1 amide bonds. The molecule has 3 aromatic rings. The largest absolute Gasteiger partial charge is 0.357 e. The van der Waals surface area contributed by atoms with Crippen LogP contribution in [0.1, 0.15) is 28.9 Å².